The van der Waals surface area contributed by atoms with E-state index in [2.05, 4.69) is 5.32 Å². The number of hydrogen-bond acceptors (Lipinski definition) is 5. The molecule has 1 amide bonds. The number of primary sulfonamides is 1. The quantitative estimate of drug-likeness (QED) is 0.763. The first-order valence-corrected chi connectivity index (χ1v) is 11.1. The number of nitrogens with one attached hydrogen (secondary N) is 1. The lowest BCUT2D eigenvalue weighted by Gasteiger charge is -2.11. The van der Waals surface area contributed by atoms with Crippen molar-refractivity contribution in [2.45, 2.75) is 40.7 Å². The van der Waals surface area contributed by atoms with Crippen LogP contribution in [0.3, 0.4) is 0 Å². The Labute approximate surface area is 163 Å². The van der Waals surface area contributed by atoms with Crippen LogP contribution >= 0.6 is 11.8 Å². The Morgan fingerprint density at radius 3 is 2.41 bits per heavy atom. The van der Waals surface area contributed by atoms with Gasteiger partial charge >= 0.3 is 0 Å². The average molecular weight is 407 g/mol. The van der Waals surface area contributed by atoms with Crippen LogP contribution in [0.25, 0.3) is 0 Å². The lowest BCUT2D eigenvalue weighted by molar-refractivity contribution is 0.102. The maximum absolute atomic E-state index is 12.5. The van der Waals surface area contributed by atoms with Crippen LogP contribution in [0.4, 0.5) is 5.69 Å². The summed E-state index contributed by atoms with van der Waals surface area (Å²) in [4.78, 5) is 13.4. The zero-order chi connectivity index (χ0) is 19.4. The minimum absolute atomic E-state index is 0.0994. The van der Waals surface area contributed by atoms with Crippen molar-refractivity contribution < 1.29 is 17.9 Å². The second-order valence-electron chi connectivity index (χ2n) is 6.41. The van der Waals surface area contributed by atoms with E-state index in [-0.39, 0.29) is 16.2 Å². The molecule has 0 heterocycles. The molecule has 0 unspecified atom stereocenters. The van der Waals surface area contributed by atoms with E-state index >= 15 is 0 Å². The largest absolute Gasteiger partial charge is 0.495 e. The van der Waals surface area contributed by atoms with Crippen molar-refractivity contribution in [2.75, 3.05) is 12.4 Å². The molecular formula is C19H22N2O4S2. The second-order valence-corrected chi connectivity index (χ2v) is 9.32. The van der Waals surface area contributed by atoms with Crippen LogP contribution in [-0.4, -0.2) is 26.7 Å². The van der Waals surface area contributed by atoms with Crippen molar-refractivity contribution in [2.24, 2.45) is 5.14 Å². The van der Waals surface area contributed by atoms with Gasteiger partial charge in [0.15, 0.2) is 0 Å². The molecule has 1 aliphatic rings. The first-order chi connectivity index (χ1) is 12.9. The Hall–Kier alpha value is -2.03. The lowest BCUT2D eigenvalue weighted by Crippen LogP contribution is -2.16. The molecule has 0 aliphatic heterocycles. The lowest BCUT2D eigenvalue weighted by atomic mass is 10.2. The molecule has 6 nitrogen and oxygen atoms in total. The van der Waals surface area contributed by atoms with Gasteiger partial charge in [0.1, 0.15) is 10.6 Å². The number of hydrogen-bond donors (Lipinski definition) is 2. The fraction of sp³-hybridized carbons (Fsp3) is 0.316. The predicted octanol–water partition coefficient (Wildman–Crippen LogP) is 3.63. The molecular weight excluding hydrogens is 384 g/mol. The number of amides is 1. The third-order valence-electron chi connectivity index (χ3n) is 4.45. The van der Waals surface area contributed by atoms with Crippen LogP contribution in [-0.2, 0) is 10.0 Å². The van der Waals surface area contributed by atoms with Crippen LogP contribution in [0.15, 0.2) is 52.3 Å². The maximum Gasteiger partial charge on any atom is 0.255 e. The minimum atomic E-state index is -4.00. The van der Waals surface area contributed by atoms with Gasteiger partial charge in [-0.3, -0.25) is 4.79 Å². The fourth-order valence-corrected chi connectivity index (χ4v) is 5.03. The molecule has 2 aromatic carbocycles. The van der Waals surface area contributed by atoms with E-state index in [1.54, 1.807) is 0 Å². The number of ether oxygens (including phenoxy) is 1. The van der Waals surface area contributed by atoms with E-state index in [1.165, 1.54) is 55.9 Å². The van der Waals surface area contributed by atoms with E-state index in [9.17, 15) is 13.2 Å². The van der Waals surface area contributed by atoms with E-state index in [0.717, 1.165) is 0 Å². The summed E-state index contributed by atoms with van der Waals surface area (Å²) in [6.45, 7) is 0. The fourth-order valence-electron chi connectivity index (χ4n) is 3.06. The van der Waals surface area contributed by atoms with Crippen molar-refractivity contribution in [3.63, 3.8) is 0 Å². The summed E-state index contributed by atoms with van der Waals surface area (Å²) in [7, 11) is -2.66. The van der Waals surface area contributed by atoms with Crippen molar-refractivity contribution >= 4 is 33.4 Å². The molecule has 0 radical (unpaired) electrons. The highest BCUT2D eigenvalue weighted by Gasteiger charge is 2.19. The number of sulfonamides is 1. The van der Waals surface area contributed by atoms with E-state index in [0.29, 0.717) is 10.9 Å². The normalized spacial score (nSPS) is 14.9. The molecule has 2 aromatic rings. The predicted molar refractivity (Wildman–Crippen MR) is 107 cm³/mol. The Balaban J connectivity index is 1.71. The van der Waals surface area contributed by atoms with Gasteiger partial charge in [-0.05, 0) is 55.3 Å². The van der Waals surface area contributed by atoms with Crippen LogP contribution in [0.2, 0.25) is 0 Å². The number of carbonyl (C=O) groups is 1. The third kappa shape index (κ3) is 5.03. The van der Waals surface area contributed by atoms with Crippen molar-refractivity contribution in [3.8, 4) is 5.75 Å². The third-order valence-corrected chi connectivity index (χ3v) is 6.73. The van der Waals surface area contributed by atoms with Gasteiger partial charge in [0.25, 0.3) is 5.91 Å². The molecule has 0 saturated heterocycles. The Bertz CT molecular complexity index is 921. The molecule has 144 valence electrons. The number of methoxy groups -OCH3 is 1. The number of benzene rings is 2. The maximum atomic E-state index is 12.5. The Kier molecular flexibility index (Phi) is 6.08. The highest BCUT2D eigenvalue weighted by Crippen LogP contribution is 2.35. The van der Waals surface area contributed by atoms with Crippen LogP contribution in [0.1, 0.15) is 36.0 Å². The average Bonchev–Trinajstić information content (AvgIpc) is 3.15. The molecule has 0 aromatic heterocycles. The summed E-state index contributed by atoms with van der Waals surface area (Å²) < 4.78 is 28.4. The van der Waals surface area contributed by atoms with Crippen molar-refractivity contribution in [1.29, 1.82) is 0 Å². The van der Waals surface area contributed by atoms with Crippen molar-refractivity contribution in [1.82, 2.24) is 0 Å². The van der Waals surface area contributed by atoms with Gasteiger partial charge in [-0.15, -0.1) is 11.8 Å². The number of carbonyl (C=O) groups excluding carboxylic acids is 1. The summed E-state index contributed by atoms with van der Waals surface area (Å²) >= 11 is 1.88. The molecule has 0 bridgehead atoms. The Morgan fingerprint density at radius 1 is 1.15 bits per heavy atom. The summed E-state index contributed by atoms with van der Waals surface area (Å²) in [5.74, 6) is -0.318. The summed E-state index contributed by atoms with van der Waals surface area (Å²) in [5, 5.41) is 8.65. The van der Waals surface area contributed by atoms with E-state index in [1.807, 2.05) is 36.0 Å². The Morgan fingerprint density at radius 2 is 1.81 bits per heavy atom. The number of nitrogens with two attached hydrogens (primary N) is 1. The number of rotatable bonds is 6. The van der Waals surface area contributed by atoms with Crippen molar-refractivity contribution in [3.05, 3.63) is 48.0 Å². The first kappa shape index (κ1) is 19.7. The second kappa shape index (κ2) is 8.33. The molecule has 1 aliphatic carbocycles. The van der Waals surface area contributed by atoms with Crippen LogP contribution < -0.4 is 15.2 Å². The van der Waals surface area contributed by atoms with Gasteiger partial charge < -0.3 is 10.1 Å². The van der Waals surface area contributed by atoms with E-state index < -0.39 is 15.9 Å². The topological polar surface area (TPSA) is 98.5 Å². The van der Waals surface area contributed by atoms with E-state index in [4.69, 9.17) is 9.88 Å². The molecule has 3 rings (SSSR count). The highest BCUT2D eigenvalue weighted by molar-refractivity contribution is 8.00. The molecule has 8 heteroatoms. The SMILES string of the molecule is COc1ccc(C(=O)Nc2ccc(SC3CCCC3)cc2)cc1S(N)(=O)=O. The standard InChI is InChI=1S/C19H22N2O4S2/c1-25-17-11-6-13(12-18(17)27(20,23)24)19(22)21-14-7-9-16(10-8-14)26-15-4-2-3-5-15/h6-12,15H,2-5H2,1H3,(H,21,22)(H2,20,23,24). The molecule has 1 saturated carbocycles. The van der Waals surface area contributed by atoms with Gasteiger partial charge in [0.2, 0.25) is 10.0 Å². The molecule has 1 fully saturated rings. The van der Waals surface area contributed by atoms with Gasteiger partial charge in [-0.25, -0.2) is 13.6 Å². The minimum Gasteiger partial charge on any atom is -0.495 e. The van der Waals surface area contributed by atoms with Gasteiger partial charge in [-0.2, -0.15) is 0 Å². The van der Waals surface area contributed by atoms with Gasteiger partial charge in [0, 0.05) is 21.4 Å². The zero-order valence-electron chi connectivity index (χ0n) is 15.0. The summed E-state index contributed by atoms with van der Waals surface area (Å²) in [6.07, 6.45) is 5.11. The monoisotopic (exact) mass is 406 g/mol. The van der Waals surface area contributed by atoms with Crippen LogP contribution in [0, 0.1) is 0 Å². The number of thioether (sulfide) groups is 1. The molecule has 0 atom stereocenters. The highest BCUT2D eigenvalue weighted by atomic mass is 32.2. The molecule has 0 spiro atoms. The van der Waals surface area contributed by atoms with Crippen LogP contribution in [0.5, 0.6) is 5.75 Å². The molecule has 27 heavy (non-hydrogen) atoms. The summed E-state index contributed by atoms with van der Waals surface area (Å²) in [6, 6.07) is 11.8. The summed E-state index contributed by atoms with van der Waals surface area (Å²) in [5.41, 5.74) is 0.827. The van der Waals surface area contributed by atoms with Gasteiger partial charge in [-0.1, -0.05) is 12.8 Å². The zero-order valence-corrected chi connectivity index (χ0v) is 16.6. The smallest absolute Gasteiger partial charge is 0.255 e. The number of anilines is 1. The molecule has 3 N–H and O–H groups in total. The first-order valence-electron chi connectivity index (χ1n) is 8.66. The van der Waals surface area contributed by atoms with Gasteiger partial charge in [0.05, 0.1) is 7.11 Å².